The minimum absolute atomic E-state index is 0. The molecule has 2 heterocycles. The Labute approximate surface area is 171 Å². The highest BCUT2D eigenvalue weighted by Crippen LogP contribution is 2.19. The number of benzene rings is 1. The molecule has 1 aromatic carbocycles. The molecule has 1 amide bonds. The number of rotatable bonds is 5. The van der Waals surface area contributed by atoms with Crippen molar-refractivity contribution in [3.63, 3.8) is 0 Å². The van der Waals surface area contributed by atoms with E-state index in [2.05, 4.69) is 14.9 Å². The van der Waals surface area contributed by atoms with Crippen molar-refractivity contribution >= 4 is 36.5 Å². The number of methoxy groups -OCH3 is 1. The Morgan fingerprint density at radius 3 is 2.44 bits per heavy atom. The lowest BCUT2D eigenvalue weighted by molar-refractivity contribution is -0.134. The van der Waals surface area contributed by atoms with E-state index in [1.807, 2.05) is 36.4 Å². The Balaban J connectivity index is 0.00000182. The van der Waals surface area contributed by atoms with Crippen molar-refractivity contribution in [3.05, 3.63) is 42.6 Å². The number of nitrogens with two attached hydrogens (primary N) is 1. The van der Waals surface area contributed by atoms with Crippen LogP contribution in [0.2, 0.25) is 0 Å². The Morgan fingerprint density at radius 1 is 1.15 bits per heavy atom. The molecule has 0 spiro atoms. The zero-order valence-corrected chi connectivity index (χ0v) is 16.8. The number of carbonyl (C=O) groups excluding carboxylic acids is 1. The lowest BCUT2D eigenvalue weighted by Gasteiger charge is -2.36. The third kappa shape index (κ3) is 5.77. The van der Waals surface area contributed by atoms with Crippen molar-refractivity contribution in [3.8, 4) is 11.4 Å². The van der Waals surface area contributed by atoms with E-state index in [0.29, 0.717) is 18.9 Å². The molecule has 1 aliphatic rings. The highest BCUT2D eigenvalue weighted by Gasteiger charge is 2.25. The minimum atomic E-state index is -0.597. The Morgan fingerprint density at radius 2 is 1.81 bits per heavy atom. The molecule has 1 atom stereocenters. The number of hydrogen-bond donors (Lipinski definition) is 1. The molecule has 7 nitrogen and oxygen atoms in total. The summed E-state index contributed by atoms with van der Waals surface area (Å²) in [5.41, 5.74) is 6.83. The van der Waals surface area contributed by atoms with Gasteiger partial charge in [-0.2, -0.15) is 0 Å². The maximum atomic E-state index is 12.2. The molecule has 0 aliphatic carbocycles. The fourth-order valence-corrected chi connectivity index (χ4v) is 2.89. The summed E-state index contributed by atoms with van der Waals surface area (Å²) in [5.74, 6) is 1.52. The first-order valence-corrected chi connectivity index (χ1v) is 8.36. The van der Waals surface area contributed by atoms with E-state index in [1.54, 1.807) is 18.2 Å². The van der Waals surface area contributed by atoms with Gasteiger partial charge in [-0.15, -0.1) is 24.8 Å². The zero-order valence-electron chi connectivity index (χ0n) is 15.2. The predicted molar refractivity (Wildman–Crippen MR) is 111 cm³/mol. The molecule has 1 aliphatic heterocycles. The van der Waals surface area contributed by atoms with E-state index >= 15 is 0 Å². The van der Waals surface area contributed by atoms with E-state index < -0.39 is 6.04 Å². The van der Waals surface area contributed by atoms with Crippen LogP contribution in [0.5, 0.6) is 0 Å². The molecule has 1 saturated heterocycles. The monoisotopic (exact) mass is 413 g/mol. The van der Waals surface area contributed by atoms with Gasteiger partial charge in [-0.05, 0) is 6.07 Å². The average molecular weight is 414 g/mol. The van der Waals surface area contributed by atoms with Gasteiger partial charge in [0.05, 0.1) is 6.61 Å². The zero-order chi connectivity index (χ0) is 17.6. The number of aromatic nitrogens is 2. The van der Waals surface area contributed by atoms with Crippen LogP contribution in [0.3, 0.4) is 0 Å². The molecule has 0 radical (unpaired) electrons. The summed E-state index contributed by atoms with van der Waals surface area (Å²) in [5, 5.41) is 0. The molecule has 27 heavy (non-hydrogen) atoms. The van der Waals surface area contributed by atoms with Gasteiger partial charge in [-0.25, -0.2) is 9.97 Å². The van der Waals surface area contributed by atoms with Gasteiger partial charge < -0.3 is 20.3 Å². The summed E-state index contributed by atoms with van der Waals surface area (Å²) in [7, 11) is 1.55. The molecule has 2 aromatic rings. The summed E-state index contributed by atoms with van der Waals surface area (Å²) < 4.78 is 4.96. The summed E-state index contributed by atoms with van der Waals surface area (Å²) >= 11 is 0. The Kier molecular flexibility index (Phi) is 9.45. The Hall–Kier alpha value is -1.93. The van der Waals surface area contributed by atoms with Crippen molar-refractivity contribution in [2.45, 2.75) is 6.04 Å². The van der Waals surface area contributed by atoms with Gasteiger partial charge in [0.1, 0.15) is 11.9 Å². The standard InChI is InChI=1S/C18H23N5O2.2ClH/c1-25-13-15(19)18(24)23-11-9-22(10-12-23)16-7-8-20-17(21-16)14-5-3-2-4-6-14;;/h2-8,15H,9-13,19H2,1H3;2*1H. The van der Waals surface area contributed by atoms with Crippen molar-refractivity contribution in [2.24, 2.45) is 5.73 Å². The van der Waals surface area contributed by atoms with E-state index in [1.165, 1.54) is 0 Å². The van der Waals surface area contributed by atoms with Crippen molar-refractivity contribution in [1.29, 1.82) is 0 Å². The molecule has 148 valence electrons. The third-order valence-electron chi connectivity index (χ3n) is 4.25. The van der Waals surface area contributed by atoms with Gasteiger partial charge in [0.15, 0.2) is 5.82 Å². The number of piperazine rings is 1. The minimum Gasteiger partial charge on any atom is -0.383 e. The van der Waals surface area contributed by atoms with Crippen molar-refractivity contribution in [1.82, 2.24) is 14.9 Å². The summed E-state index contributed by atoms with van der Waals surface area (Å²) in [6.45, 7) is 2.93. The van der Waals surface area contributed by atoms with Crippen LogP contribution >= 0.6 is 24.8 Å². The predicted octanol–water partition coefficient (Wildman–Crippen LogP) is 1.61. The average Bonchev–Trinajstić information content (AvgIpc) is 2.68. The third-order valence-corrected chi connectivity index (χ3v) is 4.25. The maximum absolute atomic E-state index is 12.2. The highest BCUT2D eigenvalue weighted by molar-refractivity contribution is 5.85. The van der Waals surface area contributed by atoms with Gasteiger partial charge in [0.2, 0.25) is 5.91 Å². The second kappa shape index (κ2) is 11.0. The normalized spacial score (nSPS) is 14.7. The first-order valence-electron chi connectivity index (χ1n) is 8.36. The molecular weight excluding hydrogens is 389 g/mol. The maximum Gasteiger partial charge on any atom is 0.241 e. The SMILES string of the molecule is COCC(N)C(=O)N1CCN(c2ccnc(-c3ccccc3)n2)CC1.Cl.Cl. The first kappa shape index (κ1) is 23.1. The quantitative estimate of drug-likeness (QED) is 0.801. The lowest BCUT2D eigenvalue weighted by atomic mass is 10.2. The van der Waals surface area contributed by atoms with E-state index in [4.69, 9.17) is 10.5 Å². The smallest absolute Gasteiger partial charge is 0.241 e. The molecular formula is C18H25Cl2N5O2. The highest BCUT2D eigenvalue weighted by atomic mass is 35.5. The van der Waals surface area contributed by atoms with Crippen LogP contribution in [0, 0.1) is 0 Å². The topological polar surface area (TPSA) is 84.6 Å². The Bertz CT molecular complexity index is 712. The fraction of sp³-hybridized carbons (Fsp3) is 0.389. The van der Waals surface area contributed by atoms with Crippen LogP contribution in [-0.2, 0) is 9.53 Å². The van der Waals surface area contributed by atoms with Crippen LogP contribution in [0.15, 0.2) is 42.6 Å². The van der Waals surface area contributed by atoms with E-state index in [9.17, 15) is 4.79 Å². The summed E-state index contributed by atoms with van der Waals surface area (Å²) in [4.78, 5) is 25.2. The number of ether oxygens (including phenoxy) is 1. The number of carbonyl (C=O) groups is 1. The summed E-state index contributed by atoms with van der Waals surface area (Å²) in [6.07, 6.45) is 1.77. The van der Waals surface area contributed by atoms with Crippen molar-refractivity contribution in [2.75, 3.05) is 44.8 Å². The number of hydrogen-bond acceptors (Lipinski definition) is 6. The summed E-state index contributed by atoms with van der Waals surface area (Å²) in [6, 6.07) is 11.2. The second-order valence-corrected chi connectivity index (χ2v) is 5.98. The van der Waals surface area contributed by atoms with Crippen LogP contribution in [0.1, 0.15) is 0 Å². The van der Waals surface area contributed by atoms with Gasteiger partial charge in [0, 0.05) is 45.0 Å². The molecule has 0 bridgehead atoms. The van der Waals surface area contributed by atoms with Crippen LogP contribution < -0.4 is 10.6 Å². The van der Waals surface area contributed by atoms with E-state index in [0.717, 1.165) is 24.5 Å². The number of amides is 1. The number of nitrogens with zero attached hydrogens (tertiary/aromatic N) is 4. The van der Waals surface area contributed by atoms with Crippen LogP contribution in [-0.4, -0.2) is 66.7 Å². The van der Waals surface area contributed by atoms with Gasteiger partial charge in [-0.1, -0.05) is 30.3 Å². The number of anilines is 1. The largest absolute Gasteiger partial charge is 0.383 e. The van der Waals surface area contributed by atoms with Gasteiger partial charge >= 0.3 is 0 Å². The number of halogens is 2. The molecule has 2 N–H and O–H groups in total. The van der Waals surface area contributed by atoms with Crippen LogP contribution in [0.25, 0.3) is 11.4 Å². The molecule has 0 saturated carbocycles. The first-order chi connectivity index (χ1) is 12.2. The lowest BCUT2D eigenvalue weighted by Crippen LogP contribution is -2.54. The van der Waals surface area contributed by atoms with E-state index in [-0.39, 0.29) is 37.3 Å². The molecule has 1 aromatic heterocycles. The van der Waals surface area contributed by atoms with Crippen LogP contribution in [0.4, 0.5) is 5.82 Å². The molecule has 1 fully saturated rings. The fourth-order valence-electron chi connectivity index (χ4n) is 2.89. The van der Waals surface area contributed by atoms with Gasteiger partial charge in [0.25, 0.3) is 0 Å². The molecule has 3 rings (SSSR count). The second-order valence-electron chi connectivity index (χ2n) is 5.98. The molecule has 9 heteroatoms. The molecule has 1 unspecified atom stereocenters. The van der Waals surface area contributed by atoms with Gasteiger partial charge in [-0.3, -0.25) is 4.79 Å². The van der Waals surface area contributed by atoms with Crippen molar-refractivity contribution < 1.29 is 9.53 Å².